The van der Waals surface area contributed by atoms with E-state index in [2.05, 4.69) is 4.90 Å². The zero-order valence-corrected chi connectivity index (χ0v) is 11.5. The lowest BCUT2D eigenvalue weighted by atomic mass is 10.1. The van der Waals surface area contributed by atoms with Gasteiger partial charge in [0.15, 0.2) is 0 Å². The normalized spacial score (nSPS) is 30.5. The van der Waals surface area contributed by atoms with Crippen LogP contribution in [0.2, 0.25) is 0 Å². The molecule has 3 atom stereocenters. The minimum Gasteiger partial charge on any atom is -0.326 e. The first kappa shape index (κ1) is 15.1. The van der Waals surface area contributed by atoms with Crippen LogP contribution in [-0.2, 0) is 0 Å². The van der Waals surface area contributed by atoms with Gasteiger partial charge in [-0.1, -0.05) is 6.42 Å². The van der Waals surface area contributed by atoms with Gasteiger partial charge in [0.25, 0.3) is 0 Å². The third-order valence-electron chi connectivity index (χ3n) is 4.33. The summed E-state index contributed by atoms with van der Waals surface area (Å²) in [5.41, 5.74) is 5.55. The maximum Gasteiger partial charge on any atom is 0.405 e. The van der Waals surface area contributed by atoms with Gasteiger partial charge < -0.3 is 5.73 Å². The number of likely N-dealkylation sites (tertiary alicyclic amines) is 2. The fourth-order valence-electron chi connectivity index (χ4n) is 3.44. The Bertz CT molecular complexity index is 287. The van der Waals surface area contributed by atoms with Crippen molar-refractivity contribution in [2.24, 2.45) is 5.73 Å². The van der Waals surface area contributed by atoms with Crippen molar-refractivity contribution >= 4 is 0 Å². The molecule has 0 amide bonds. The highest BCUT2D eigenvalue weighted by Crippen LogP contribution is 2.31. The van der Waals surface area contributed by atoms with E-state index in [1.165, 1.54) is 31.1 Å². The van der Waals surface area contributed by atoms with Crippen molar-refractivity contribution in [3.8, 4) is 0 Å². The predicted octanol–water partition coefficient (Wildman–Crippen LogP) is 1.82. The Morgan fingerprint density at radius 1 is 1.11 bits per heavy atom. The summed E-state index contributed by atoms with van der Waals surface area (Å²) in [6.07, 6.45) is 0.196. The number of rotatable bonds is 3. The van der Waals surface area contributed by atoms with E-state index in [1.807, 2.05) is 0 Å². The minimum atomic E-state index is -4.23. The Morgan fingerprint density at radius 3 is 2.26 bits per heavy atom. The van der Waals surface area contributed by atoms with E-state index in [0.29, 0.717) is 13.1 Å². The number of piperidine rings is 1. The number of hydrogen-bond donors (Lipinski definition) is 1. The summed E-state index contributed by atoms with van der Waals surface area (Å²) >= 11 is 0. The monoisotopic (exact) mass is 279 g/mol. The molecule has 2 fully saturated rings. The zero-order valence-electron chi connectivity index (χ0n) is 11.5. The maximum absolute atomic E-state index is 13.1. The van der Waals surface area contributed by atoms with E-state index < -0.39 is 18.3 Å². The molecular weight excluding hydrogens is 255 g/mol. The van der Waals surface area contributed by atoms with Crippen LogP contribution in [-0.4, -0.2) is 60.3 Å². The summed E-state index contributed by atoms with van der Waals surface area (Å²) in [5.74, 6) is 0. The van der Waals surface area contributed by atoms with Crippen LogP contribution >= 0.6 is 0 Å². The van der Waals surface area contributed by atoms with Crippen LogP contribution in [0.1, 0.15) is 32.6 Å². The summed E-state index contributed by atoms with van der Waals surface area (Å²) in [6, 6.07) is -2.09. The summed E-state index contributed by atoms with van der Waals surface area (Å²) < 4.78 is 39.2. The molecule has 3 nitrogen and oxygen atoms in total. The van der Waals surface area contributed by atoms with E-state index in [0.717, 1.165) is 19.5 Å². The molecule has 2 heterocycles. The molecule has 2 aliphatic rings. The molecular formula is C13H24F3N3. The van der Waals surface area contributed by atoms with Crippen LogP contribution in [0.25, 0.3) is 0 Å². The molecule has 0 saturated carbocycles. The topological polar surface area (TPSA) is 32.5 Å². The number of nitrogens with two attached hydrogens (primary N) is 1. The summed E-state index contributed by atoms with van der Waals surface area (Å²) in [7, 11) is 0. The first-order valence-electron chi connectivity index (χ1n) is 7.20. The van der Waals surface area contributed by atoms with Crippen molar-refractivity contribution in [3.63, 3.8) is 0 Å². The molecule has 0 bridgehead atoms. The average Bonchev–Trinajstić information content (AvgIpc) is 2.77. The smallest absolute Gasteiger partial charge is 0.326 e. The van der Waals surface area contributed by atoms with Crippen LogP contribution in [0.5, 0.6) is 0 Å². The van der Waals surface area contributed by atoms with Crippen molar-refractivity contribution < 1.29 is 13.2 Å². The fourth-order valence-corrected chi connectivity index (χ4v) is 3.44. The number of hydrogen-bond acceptors (Lipinski definition) is 3. The van der Waals surface area contributed by atoms with Gasteiger partial charge in [-0.2, -0.15) is 13.2 Å². The van der Waals surface area contributed by atoms with Gasteiger partial charge in [-0.05, 0) is 39.3 Å². The predicted molar refractivity (Wildman–Crippen MR) is 68.9 cm³/mol. The first-order valence-corrected chi connectivity index (χ1v) is 7.20. The largest absolute Gasteiger partial charge is 0.405 e. The second-order valence-electron chi connectivity index (χ2n) is 5.88. The molecule has 19 heavy (non-hydrogen) atoms. The molecule has 2 saturated heterocycles. The highest BCUT2D eigenvalue weighted by Gasteiger charge is 2.48. The van der Waals surface area contributed by atoms with Gasteiger partial charge in [0.2, 0.25) is 0 Å². The minimum absolute atomic E-state index is 0.281. The Morgan fingerprint density at radius 2 is 1.74 bits per heavy atom. The summed E-state index contributed by atoms with van der Waals surface area (Å²) in [6.45, 7) is 4.53. The standard InChI is InChI=1S/C13H24F3N3/c1-10(17)12(13(14,15)16)19-8-5-11(9-19)18-6-3-2-4-7-18/h10-12H,2-9,17H2,1H3. The molecule has 2 N–H and O–H groups in total. The third kappa shape index (κ3) is 3.61. The van der Waals surface area contributed by atoms with E-state index in [4.69, 9.17) is 5.73 Å². The Labute approximate surface area is 112 Å². The van der Waals surface area contributed by atoms with E-state index in [1.54, 1.807) is 0 Å². The number of halogens is 3. The van der Waals surface area contributed by atoms with Crippen molar-refractivity contribution in [1.82, 2.24) is 9.80 Å². The number of alkyl halides is 3. The molecule has 0 aromatic carbocycles. The van der Waals surface area contributed by atoms with Crippen molar-refractivity contribution in [2.45, 2.75) is 56.9 Å². The molecule has 2 rings (SSSR count). The molecule has 0 aromatic rings. The number of nitrogens with zero attached hydrogens (tertiary/aromatic N) is 2. The summed E-state index contributed by atoms with van der Waals surface area (Å²) in [5, 5.41) is 0. The van der Waals surface area contributed by atoms with Gasteiger partial charge in [-0.25, -0.2) is 0 Å². The van der Waals surface area contributed by atoms with Crippen LogP contribution in [0.3, 0.4) is 0 Å². The maximum atomic E-state index is 13.1. The molecule has 0 spiro atoms. The highest BCUT2D eigenvalue weighted by molar-refractivity contribution is 4.93. The lowest BCUT2D eigenvalue weighted by Crippen LogP contribution is -2.55. The molecule has 2 aliphatic heterocycles. The lowest BCUT2D eigenvalue weighted by Gasteiger charge is -2.35. The molecule has 0 aliphatic carbocycles. The Hall–Kier alpha value is -0.330. The van der Waals surface area contributed by atoms with Crippen LogP contribution in [0.4, 0.5) is 13.2 Å². The fraction of sp³-hybridized carbons (Fsp3) is 1.00. The quantitative estimate of drug-likeness (QED) is 0.855. The van der Waals surface area contributed by atoms with Crippen molar-refractivity contribution in [3.05, 3.63) is 0 Å². The van der Waals surface area contributed by atoms with Gasteiger partial charge in [0, 0.05) is 25.2 Å². The van der Waals surface area contributed by atoms with Gasteiger partial charge >= 0.3 is 6.18 Å². The lowest BCUT2D eigenvalue weighted by molar-refractivity contribution is -0.185. The van der Waals surface area contributed by atoms with E-state index in [-0.39, 0.29) is 6.04 Å². The first-order chi connectivity index (χ1) is 8.89. The molecule has 0 aromatic heterocycles. The summed E-state index contributed by atoms with van der Waals surface area (Å²) in [4.78, 5) is 3.89. The van der Waals surface area contributed by atoms with Crippen LogP contribution in [0.15, 0.2) is 0 Å². The second-order valence-corrected chi connectivity index (χ2v) is 5.88. The Kier molecular flexibility index (Phi) is 4.74. The van der Waals surface area contributed by atoms with Gasteiger partial charge in [0.05, 0.1) is 0 Å². The molecule has 112 valence electrons. The second kappa shape index (κ2) is 5.97. The van der Waals surface area contributed by atoms with Crippen molar-refractivity contribution in [2.75, 3.05) is 26.2 Å². The van der Waals surface area contributed by atoms with Crippen LogP contribution in [0, 0.1) is 0 Å². The van der Waals surface area contributed by atoms with Crippen LogP contribution < -0.4 is 5.73 Å². The molecule has 3 unspecified atom stereocenters. The third-order valence-corrected chi connectivity index (χ3v) is 4.33. The van der Waals surface area contributed by atoms with E-state index in [9.17, 15) is 13.2 Å². The van der Waals surface area contributed by atoms with Gasteiger partial charge in [-0.3, -0.25) is 9.80 Å². The SMILES string of the molecule is CC(N)C(N1CCC(N2CCCCC2)C1)C(F)(F)F. The van der Waals surface area contributed by atoms with Crippen molar-refractivity contribution in [1.29, 1.82) is 0 Å². The highest BCUT2D eigenvalue weighted by atomic mass is 19.4. The van der Waals surface area contributed by atoms with E-state index >= 15 is 0 Å². The molecule has 0 radical (unpaired) electrons. The Balaban J connectivity index is 1.96. The molecule has 6 heteroatoms. The average molecular weight is 279 g/mol. The van der Waals surface area contributed by atoms with Gasteiger partial charge in [-0.15, -0.1) is 0 Å². The zero-order chi connectivity index (χ0) is 14.0. The van der Waals surface area contributed by atoms with Gasteiger partial charge in [0.1, 0.15) is 6.04 Å².